The Labute approximate surface area is 120 Å². The van der Waals surface area contributed by atoms with Crippen LogP contribution in [0.1, 0.15) is 10.7 Å². The maximum atomic E-state index is 10.6. The minimum absolute atomic E-state index is 0.00767. The molecule has 0 aliphatic rings. The molecule has 1 N–H and O–H groups in total. The third-order valence-electron chi connectivity index (χ3n) is 2.16. The number of hydrogen-bond acceptors (Lipinski definition) is 5. The van der Waals surface area contributed by atoms with Crippen LogP contribution in [0.25, 0.3) is 0 Å². The van der Waals surface area contributed by atoms with E-state index in [1.54, 1.807) is 11.3 Å². The fraction of sp³-hybridized carbons (Fsp3) is 0.300. The molecule has 0 aliphatic heterocycles. The van der Waals surface area contributed by atoms with Gasteiger partial charge in [0.15, 0.2) is 5.16 Å². The first-order valence-corrected chi connectivity index (χ1v) is 7.69. The second kappa shape index (κ2) is 5.85. The lowest BCUT2D eigenvalue weighted by molar-refractivity contribution is -0.133. The zero-order chi connectivity index (χ0) is 13.1. The predicted octanol–water partition coefficient (Wildman–Crippen LogP) is 2.64. The van der Waals surface area contributed by atoms with Crippen LogP contribution in [-0.4, -0.2) is 31.6 Å². The molecular weight excluding hydrogens is 338 g/mol. The van der Waals surface area contributed by atoms with Gasteiger partial charge in [0.05, 0.1) is 12.3 Å². The van der Waals surface area contributed by atoms with Crippen LogP contribution in [0, 0.1) is 6.92 Å². The van der Waals surface area contributed by atoms with Crippen LogP contribution >= 0.6 is 39.0 Å². The predicted molar refractivity (Wildman–Crippen MR) is 74.2 cm³/mol. The minimum Gasteiger partial charge on any atom is -0.481 e. The SMILES string of the molecule is Cc1nnc(SCC(=O)O)n1Cc1cc(Br)cs1. The molecule has 96 valence electrons. The average Bonchev–Trinajstić information content (AvgIpc) is 2.85. The van der Waals surface area contributed by atoms with E-state index in [9.17, 15) is 4.79 Å². The molecule has 0 amide bonds. The van der Waals surface area contributed by atoms with Gasteiger partial charge in [0, 0.05) is 14.7 Å². The number of carboxylic acids is 1. The summed E-state index contributed by atoms with van der Waals surface area (Å²) in [7, 11) is 0. The van der Waals surface area contributed by atoms with Crippen molar-refractivity contribution in [3.05, 3.63) is 26.6 Å². The van der Waals surface area contributed by atoms with E-state index in [0.29, 0.717) is 11.7 Å². The molecule has 0 radical (unpaired) electrons. The number of thiophene rings is 1. The van der Waals surface area contributed by atoms with E-state index < -0.39 is 5.97 Å². The van der Waals surface area contributed by atoms with Gasteiger partial charge in [0.2, 0.25) is 0 Å². The highest BCUT2D eigenvalue weighted by Gasteiger charge is 2.12. The molecule has 0 spiro atoms. The van der Waals surface area contributed by atoms with E-state index >= 15 is 0 Å². The number of carbonyl (C=O) groups is 1. The zero-order valence-corrected chi connectivity index (χ0v) is 12.7. The third kappa shape index (κ3) is 3.33. The van der Waals surface area contributed by atoms with Gasteiger partial charge in [0.25, 0.3) is 0 Å². The quantitative estimate of drug-likeness (QED) is 0.842. The molecule has 0 fully saturated rings. The summed E-state index contributed by atoms with van der Waals surface area (Å²) < 4.78 is 2.97. The van der Waals surface area contributed by atoms with Crippen LogP contribution in [0.2, 0.25) is 0 Å². The van der Waals surface area contributed by atoms with Crippen molar-refractivity contribution in [1.29, 1.82) is 0 Å². The van der Waals surface area contributed by atoms with Crippen LogP contribution in [0.5, 0.6) is 0 Å². The number of thioether (sulfide) groups is 1. The largest absolute Gasteiger partial charge is 0.481 e. The Hall–Kier alpha value is -0.860. The summed E-state index contributed by atoms with van der Waals surface area (Å²) in [5.41, 5.74) is 0. The Morgan fingerprint density at radius 3 is 3.00 bits per heavy atom. The van der Waals surface area contributed by atoms with Crippen molar-refractivity contribution in [3.8, 4) is 0 Å². The number of halogens is 1. The van der Waals surface area contributed by atoms with Gasteiger partial charge in [0.1, 0.15) is 5.82 Å². The molecule has 0 atom stereocenters. The van der Waals surface area contributed by atoms with E-state index in [2.05, 4.69) is 26.1 Å². The minimum atomic E-state index is -0.855. The fourth-order valence-electron chi connectivity index (χ4n) is 1.37. The first kappa shape index (κ1) is 13.6. The molecule has 2 aromatic rings. The highest BCUT2D eigenvalue weighted by atomic mass is 79.9. The Morgan fingerprint density at radius 1 is 1.61 bits per heavy atom. The lowest BCUT2D eigenvalue weighted by Crippen LogP contribution is -2.05. The average molecular weight is 348 g/mol. The maximum Gasteiger partial charge on any atom is 0.313 e. The van der Waals surface area contributed by atoms with Gasteiger partial charge in [-0.3, -0.25) is 4.79 Å². The van der Waals surface area contributed by atoms with E-state index in [0.717, 1.165) is 10.3 Å². The van der Waals surface area contributed by atoms with E-state index in [1.807, 2.05) is 22.9 Å². The third-order valence-corrected chi connectivity index (χ3v) is 4.80. The molecule has 0 unspecified atom stereocenters. The monoisotopic (exact) mass is 347 g/mol. The molecule has 0 saturated carbocycles. The first-order chi connectivity index (χ1) is 8.56. The number of nitrogens with zero attached hydrogens (tertiary/aromatic N) is 3. The second-order valence-corrected chi connectivity index (χ2v) is 6.38. The normalized spacial score (nSPS) is 10.8. The zero-order valence-electron chi connectivity index (χ0n) is 9.46. The highest BCUT2D eigenvalue weighted by Crippen LogP contribution is 2.23. The summed E-state index contributed by atoms with van der Waals surface area (Å²) in [4.78, 5) is 11.7. The van der Waals surface area contributed by atoms with Crippen molar-refractivity contribution in [3.63, 3.8) is 0 Å². The van der Waals surface area contributed by atoms with Crippen LogP contribution in [0.15, 0.2) is 21.1 Å². The summed E-state index contributed by atoms with van der Waals surface area (Å²) >= 11 is 6.24. The number of aliphatic carboxylic acids is 1. The van der Waals surface area contributed by atoms with Gasteiger partial charge >= 0.3 is 5.97 Å². The van der Waals surface area contributed by atoms with Gasteiger partial charge in [-0.15, -0.1) is 21.5 Å². The Morgan fingerprint density at radius 2 is 2.39 bits per heavy atom. The maximum absolute atomic E-state index is 10.6. The standard InChI is InChI=1S/C10H10BrN3O2S2/c1-6-12-13-10(18-5-9(15)16)14(6)3-8-2-7(11)4-17-8/h2,4H,3,5H2,1H3,(H,15,16). The van der Waals surface area contributed by atoms with Crippen molar-refractivity contribution in [1.82, 2.24) is 14.8 Å². The highest BCUT2D eigenvalue weighted by molar-refractivity contribution is 9.10. The second-order valence-electron chi connectivity index (χ2n) is 3.53. The lowest BCUT2D eigenvalue weighted by atomic mass is 10.4. The van der Waals surface area contributed by atoms with Crippen molar-refractivity contribution in [2.24, 2.45) is 0 Å². The molecule has 0 aliphatic carbocycles. The van der Waals surface area contributed by atoms with Crippen molar-refractivity contribution in [2.75, 3.05) is 5.75 Å². The van der Waals surface area contributed by atoms with Gasteiger partial charge in [-0.1, -0.05) is 11.8 Å². The summed E-state index contributed by atoms with van der Waals surface area (Å²) in [6, 6.07) is 2.04. The molecule has 5 nitrogen and oxygen atoms in total. The smallest absolute Gasteiger partial charge is 0.313 e. The lowest BCUT2D eigenvalue weighted by Gasteiger charge is -2.05. The molecule has 2 heterocycles. The number of carboxylic acid groups (broad SMARTS) is 1. The Kier molecular flexibility index (Phi) is 4.41. The topological polar surface area (TPSA) is 68.0 Å². The molecular formula is C10H10BrN3O2S2. The number of aromatic nitrogens is 3. The van der Waals surface area contributed by atoms with Crippen molar-refractivity contribution in [2.45, 2.75) is 18.6 Å². The number of rotatable bonds is 5. The molecule has 0 bridgehead atoms. The number of aryl methyl sites for hydroxylation is 1. The first-order valence-electron chi connectivity index (χ1n) is 5.03. The van der Waals surface area contributed by atoms with Gasteiger partial charge in [-0.25, -0.2) is 0 Å². The summed E-state index contributed by atoms with van der Waals surface area (Å²) in [5.74, 6) is -0.0785. The molecule has 2 aromatic heterocycles. The van der Waals surface area contributed by atoms with Gasteiger partial charge < -0.3 is 9.67 Å². The van der Waals surface area contributed by atoms with Crippen LogP contribution in [-0.2, 0) is 11.3 Å². The number of hydrogen-bond donors (Lipinski definition) is 1. The molecule has 18 heavy (non-hydrogen) atoms. The van der Waals surface area contributed by atoms with E-state index in [-0.39, 0.29) is 5.75 Å². The van der Waals surface area contributed by atoms with Crippen LogP contribution in [0.3, 0.4) is 0 Å². The summed E-state index contributed by atoms with van der Waals surface area (Å²) in [5, 5.41) is 19.3. The van der Waals surface area contributed by atoms with Gasteiger partial charge in [-0.05, 0) is 28.9 Å². The van der Waals surface area contributed by atoms with Crippen molar-refractivity contribution >= 4 is 45.0 Å². The summed E-state index contributed by atoms with van der Waals surface area (Å²) in [6.07, 6.45) is 0. The Bertz CT molecular complexity index is 567. The summed E-state index contributed by atoms with van der Waals surface area (Å²) in [6.45, 7) is 2.53. The fourth-order valence-corrected chi connectivity index (χ4v) is 3.51. The van der Waals surface area contributed by atoms with Gasteiger partial charge in [-0.2, -0.15) is 0 Å². The molecule has 8 heteroatoms. The van der Waals surface area contributed by atoms with E-state index in [4.69, 9.17) is 5.11 Å². The van der Waals surface area contributed by atoms with Crippen LogP contribution in [0.4, 0.5) is 0 Å². The molecule has 0 aromatic carbocycles. The van der Waals surface area contributed by atoms with E-state index in [1.165, 1.54) is 16.6 Å². The molecule has 2 rings (SSSR count). The molecule has 0 saturated heterocycles. The Balaban J connectivity index is 2.16. The van der Waals surface area contributed by atoms with Crippen LogP contribution < -0.4 is 0 Å². The van der Waals surface area contributed by atoms with Crippen molar-refractivity contribution < 1.29 is 9.90 Å².